The van der Waals surface area contributed by atoms with E-state index < -0.39 is 12.0 Å². The molecule has 2 rings (SSSR count). The lowest BCUT2D eigenvalue weighted by molar-refractivity contribution is -0.141. The summed E-state index contributed by atoms with van der Waals surface area (Å²) in [5.74, 6) is -0.598. The predicted molar refractivity (Wildman–Crippen MR) is 124 cm³/mol. The van der Waals surface area contributed by atoms with Gasteiger partial charge in [0.25, 0.3) is 0 Å². The molecule has 1 unspecified atom stereocenters. The van der Waals surface area contributed by atoms with Crippen molar-refractivity contribution in [1.29, 1.82) is 0 Å². The molecule has 2 aromatic carbocycles. The van der Waals surface area contributed by atoms with Gasteiger partial charge >= 0.3 is 5.97 Å². The van der Waals surface area contributed by atoms with Gasteiger partial charge in [0.15, 0.2) is 0 Å². The lowest BCUT2D eigenvalue weighted by Gasteiger charge is -2.22. The van der Waals surface area contributed by atoms with Crippen LogP contribution >= 0.6 is 0 Å². The number of carboxylic acid groups (broad SMARTS) is 1. The first-order chi connectivity index (χ1) is 14.9. The van der Waals surface area contributed by atoms with E-state index in [0.29, 0.717) is 18.7 Å². The van der Waals surface area contributed by atoms with Gasteiger partial charge < -0.3 is 25.4 Å². The molecule has 168 valence electrons. The third-order valence-electron chi connectivity index (χ3n) is 5.26. The van der Waals surface area contributed by atoms with Crippen molar-refractivity contribution in [3.8, 4) is 5.75 Å². The SMILES string of the molecule is CCN(CC)c1ccc(NC(=O)CC(NCCc2ccc(OC)cc2)C(=O)O)c(C)c1. The number of nitrogens with zero attached hydrogens (tertiary/aromatic N) is 1. The first kappa shape index (κ1) is 24.2. The molecule has 0 aromatic heterocycles. The number of amides is 1. The van der Waals surface area contributed by atoms with Crippen LogP contribution in [-0.2, 0) is 16.0 Å². The molecule has 31 heavy (non-hydrogen) atoms. The summed E-state index contributed by atoms with van der Waals surface area (Å²) in [6.07, 6.45) is 0.510. The van der Waals surface area contributed by atoms with Crippen molar-refractivity contribution in [2.24, 2.45) is 0 Å². The van der Waals surface area contributed by atoms with Gasteiger partial charge in [-0.2, -0.15) is 0 Å². The van der Waals surface area contributed by atoms with Crippen molar-refractivity contribution in [2.75, 3.05) is 37.0 Å². The van der Waals surface area contributed by atoms with Crippen LogP contribution in [0.25, 0.3) is 0 Å². The normalized spacial score (nSPS) is 11.6. The van der Waals surface area contributed by atoms with Crippen molar-refractivity contribution < 1.29 is 19.4 Å². The molecule has 0 fully saturated rings. The Hall–Kier alpha value is -3.06. The smallest absolute Gasteiger partial charge is 0.321 e. The molecule has 0 aliphatic rings. The molecule has 1 atom stereocenters. The second kappa shape index (κ2) is 12.0. The maximum Gasteiger partial charge on any atom is 0.321 e. The number of hydrogen-bond acceptors (Lipinski definition) is 5. The number of hydrogen-bond donors (Lipinski definition) is 3. The third kappa shape index (κ3) is 7.29. The van der Waals surface area contributed by atoms with E-state index in [1.807, 2.05) is 49.4 Å². The van der Waals surface area contributed by atoms with Crippen LogP contribution in [0.1, 0.15) is 31.4 Å². The number of rotatable bonds is 12. The third-order valence-corrected chi connectivity index (χ3v) is 5.26. The Balaban J connectivity index is 1.90. The predicted octanol–water partition coefficient (Wildman–Crippen LogP) is 3.46. The van der Waals surface area contributed by atoms with Gasteiger partial charge in [-0.05, 0) is 75.2 Å². The molecule has 3 N–H and O–H groups in total. The van der Waals surface area contributed by atoms with Gasteiger partial charge in [-0.1, -0.05) is 12.1 Å². The number of ether oxygens (including phenoxy) is 1. The maximum absolute atomic E-state index is 12.5. The summed E-state index contributed by atoms with van der Waals surface area (Å²) >= 11 is 0. The summed E-state index contributed by atoms with van der Waals surface area (Å²) in [4.78, 5) is 26.3. The standard InChI is InChI=1S/C24H33N3O4/c1-5-27(6-2)19-9-12-21(17(3)15-19)26-23(28)16-22(24(29)30)25-14-13-18-7-10-20(31-4)11-8-18/h7-12,15,22,25H,5-6,13-14,16H2,1-4H3,(H,26,28)(H,29,30). The van der Waals surface area contributed by atoms with Gasteiger partial charge in [-0.15, -0.1) is 0 Å². The molecule has 0 aliphatic heterocycles. The highest BCUT2D eigenvalue weighted by atomic mass is 16.5. The number of nitrogens with one attached hydrogen (secondary N) is 2. The van der Waals surface area contributed by atoms with E-state index in [4.69, 9.17) is 4.74 Å². The second-order valence-electron chi connectivity index (χ2n) is 7.37. The minimum atomic E-state index is -1.04. The zero-order valence-corrected chi connectivity index (χ0v) is 18.8. The van der Waals surface area contributed by atoms with Crippen molar-refractivity contribution >= 4 is 23.3 Å². The topological polar surface area (TPSA) is 90.9 Å². The van der Waals surface area contributed by atoms with Crippen LogP contribution in [0, 0.1) is 6.92 Å². The van der Waals surface area contributed by atoms with Gasteiger partial charge in [-0.3, -0.25) is 9.59 Å². The largest absolute Gasteiger partial charge is 0.497 e. The van der Waals surface area contributed by atoms with Crippen LogP contribution in [0.2, 0.25) is 0 Å². The monoisotopic (exact) mass is 427 g/mol. The lowest BCUT2D eigenvalue weighted by atomic mass is 10.1. The quantitative estimate of drug-likeness (QED) is 0.481. The minimum absolute atomic E-state index is 0.144. The number of aryl methyl sites for hydroxylation is 1. The molecule has 7 heteroatoms. The number of methoxy groups -OCH3 is 1. The average molecular weight is 428 g/mol. The molecule has 7 nitrogen and oxygen atoms in total. The van der Waals surface area contributed by atoms with Crippen molar-refractivity contribution in [3.05, 3.63) is 53.6 Å². The van der Waals surface area contributed by atoms with Gasteiger partial charge in [0, 0.05) is 24.5 Å². The highest BCUT2D eigenvalue weighted by Crippen LogP contribution is 2.23. The maximum atomic E-state index is 12.5. The average Bonchev–Trinajstić information content (AvgIpc) is 2.76. The Labute approximate surface area is 184 Å². The first-order valence-corrected chi connectivity index (χ1v) is 10.6. The van der Waals surface area contributed by atoms with Crippen molar-refractivity contribution in [1.82, 2.24) is 5.32 Å². The molecular formula is C24H33N3O4. The van der Waals surface area contributed by atoms with E-state index in [0.717, 1.165) is 35.7 Å². The first-order valence-electron chi connectivity index (χ1n) is 10.6. The molecule has 0 aliphatic carbocycles. The number of carbonyl (C=O) groups is 2. The van der Waals surface area contributed by atoms with Gasteiger partial charge in [0.1, 0.15) is 11.8 Å². The van der Waals surface area contributed by atoms with Crippen LogP contribution in [0.15, 0.2) is 42.5 Å². The summed E-state index contributed by atoms with van der Waals surface area (Å²) in [6.45, 7) is 8.40. The van der Waals surface area contributed by atoms with Gasteiger partial charge in [0.05, 0.1) is 13.5 Å². The Bertz CT molecular complexity index is 864. The number of carbonyl (C=O) groups excluding carboxylic acids is 1. The molecule has 0 radical (unpaired) electrons. The number of benzene rings is 2. The highest BCUT2D eigenvalue weighted by molar-refractivity contribution is 5.94. The van der Waals surface area contributed by atoms with E-state index in [9.17, 15) is 14.7 Å². The second-order valence-corrected chi connectivity index (χ2v) is 7.37. The van der Waals surface area contributed by atoms with Crippen LogP contribution < -0.4 is 20.3 Å². The van der Waals surface area contributed by atoms with E-state index in [-0.39, 0.29) is 12.3 Å². The van der Waals surface area contributed by atoms with Gasteiger partial charge in [-0.25, -0.2) is 0 Å². The fourth-order valence-corrected chi connectivity index (χ4v) is 3.39. The van der Waals surface area contributed by atoms with Crippen LogP contribution in [0.5, 0.6) is 5.75 Å². The number of aliphatic carboxylic acids is 1. The Morgan fingerprint density at radius 3 is 2.32 bits per heavy atom. The molecule has 0 bridgehead atoms. The van der Waals surface area contributed by atoms with Crippen LogP contribution in [-0.4, -0.2) is 49.8 Å². The molecule has 1 amide bonds. The van der Waals surface area contributed by atoms with Gasteiger partial charge in [0.2, 0.25) is 5.91 Å². The Morgan fingerprint density at radius 1 is 1.10 bits per heavy atom. The van der Waals surface area contributed by atoms with E-state index in [2.05, 4.69) is 29.4 Å². The zero-order valence-electron chi connectivity index (χ0n) is 18.8. The number of anilines is 2. The minimum Gasteiger partial charge on any atom is -0.497 e. The highest BCUT2D eigenvalue weighted by Gasteiger charge is 2.21. The molecule has 0 saturated carbocycles. The van der Waals surface area contributed by atoms with Crippen molar-refractivity contribution in [2.45, 2.75) is 39.7 Å². The fourth-order valence-electron chi connectivity index (χ4n) is 3.39. The fraction of sp³-hybridized carbons (Fsp3) is 0.417. The van der Waals surface area contributed by atoms with E-state index in [1.165, 1.54) is 0 Å². The number of carboxylic acids is 1. The summed E-state index contributed by atoms with van der Waals surface area (Å²) in [6, 6.07) is 12.5. The van der Waals surface area contributed by atoms with E-state index >= 15 is 0 Å². The van der Waals surface area contributed by atoms with Crippen molar-refractivity contribution in [3.63, 3.8) is 0 Å². The summed E-state index contributed by atoms with van der Waals surface area (Å²) < 4.78 is 5.13. The molecule has 2 aromatic rings. The lowest BCUT2D eigenvalue weighted by Crippen LogP contribution is -2.40. The summed E-state index contributed by atoms with van der Waals surface area (Å²) in [7, 11) is 1.61. The van der Waals surface area contributed by atoms with Crippen LogP contribution in [0.4, 0.5) is 11.4 Å². The molecule has 0 spiro atoms. The molecule has 0 heterocycles. The van der Waals surface area contributed by atoms with E-state index in [1.54, 1.807) is 7.11 Å². The summed E-state index contributed by atoms with van der Waals surface area (Å²) in [5, 5.41) is 15.3. The zero-order chi connectivity index (χ0) is 22.8. The molecular weight excluding hydrogens is 394 g/mol. The summed E-state index contributed by atoms with van der Waals surface area (Å²) in [5.41, 5.74) is 3.80. The Morgan fingerprint density at radius 2 is 1.77 bits per heavy atom. The Kier molecular flexibility index (Phi) is 9.34. The molecule has 0 saturated heterocycles. The van der Waals surface area contributed by atoms with Crippen LogP contribution in [0.3, 0.4) is 0 Å².